The van der Waals surface area contributed by atoms with Gasteiger partial charge in [-0.1, -0.05) is 11.6 Å². The third kappa shape index (κ3) is 4.92. The lowest BCUT2D eigenvalue weighted by Crippen LogP contribution is -2.30. The molecule has 31 heavy (non-hydrogen) atoms. The number of rotatable bonds is 6. The maximum atomic E-state index is 12.5. The van der Waals surface area contributed by atoms with Crippen LogP contribution in [-0.4, -0.2) is 39.1 Å². The SMILES string of the molecule is O=C(Nc1nc(N2CCCCC2)n[nH]1)c1ccc(Oc2ccc(Cl)cc2[N+](=O)[O-])cc1. The molecule has 1 aliphatic rings. The summed E-state index contributed by atoms with van der Waals surface area (Å²) in [7, 11) is 0. The Kier molecular flexibility index (Phi) is 5.99. The van der Waals surface area contributed by atoms with E-state index in [0.717, 1.165) is 25.9 Å². The summed E-state index contributed by atoms with van der Waals surface area (Å²) in [4.78, 5) is 29.5. The van der Waals surface area contributed by atoms with Crippen molar-refractivity contribution >= 4 is 35.1 Å². The highest BCUT2D eigenvalue weighted by Gasteiger charge is 2.18. The predicted octanol–water partition coefficient (Wildman–Crippen LogP) is 4.40. The van der Waals surface area contributed by atoms with Crippen molar-refractivity contribution in [3.8, 4) is 11.5 Å². The molecular weight excluding hydrogens is 424 g/mol. The molecule has 0 atom stereocenters. The summed E-state index contributed by atoms with van der Waals surface area (Å²) >= 11 is 5.81. The van der Waals surface area contributed by atoms with E-state index in [1.165, 1.54) is 24.6 Å². The minimum atomic E-state index is -0.571. The van der Waals surface area contributed by atoms with Gasteiger partial charge in [0.15, 0.2) is 0 Å². The van der Waals surface area contributed by atoms with Crippen molar-refractivity contribution in [2.45, 2.75) is 19.3 Å². The average Bonchev–Trinajstić information content (AvgIpc) is 3.24. The number of amides is 1. The summed E-state index contributed by atoms with van der Waals surface area (Å²) < 4.78 is 5.58. The summed E-state index contributed by atoms with van der Waals surface area (Å²) in [6, 6.07) is 10.3. The first kappa shape index (κ1) is 20.6. The number of ether oxygens (including phenoxy) is 1. The lowest BCUT2D eigenvalue weighted by atomic mass is 10.1. The van der Waals surface area contributed by atoms with Gasteiger partial charge in [-0.15, -0.1) is 5.10 Å². The fraction of sp³-hybridized carbons (Fsp3) is 0.250. The van der Waals surface area contributed by atoms with Gasteiger partial charge < -0.3 is 9.64 Å². The summed E-state index contributed by atoms with van der Waals surface area (Å²) in [6.07, 6.45) is 3.41. The first-order valence-electron chi connectivity index (χ1n) is 9.70. The smallest absolute Gasteiger partial charge is 0.313 e. The molecule has 1 aliphatic heterocycles. The zero-order chi connectivity index (χ0) is 21.8. The number of halogens is 1. The highest BCUT2D eigenvalue weighted by Crippen LogP contribution is 2.33. The van der Waals surface area contributed by atoms with Gasteiger partial charge in [0.2, 0.25) is 17.6 Å². The maximum Gasteiger partial charge on any atom is 0.313 e. The first-order chi connectivity index (χ1) is 15.0. The van der Waals surface area contributed by atoms with Crippen LogP contribution in [0.1, 0.15) is 29.6 Å². The number of carbonyl (C=O) groups excluding carboxylic acids is 1. The molecule has 3 aromatic rings. The van der Waals surface area contributed by atoms with E-state index < -0.39 is 4.92 Å². The minimum Gasteiger partial charge on any atom is -0.450 e. The van der Waals surface area contributed by atoms with Crippen molar-refractivity contribution in [2.75, 3.05) is 23.3 Å². The highest BCUT2D eigenvalue weighted by atomic mass is 35.5. The summed E-state index contributed by atoms with van der Waals surface area (Å²) in [5.41, 5.74) is 0.123. The van der Waals surface area contributed by atoms with Gasteiger partial charge in [0, 0.05) is 29.7 Å². The second kappa shape index (κ2) is 9.00. The van der Waals surface area contributed by atoms with E-state index in [2.05, 4.69) is 25.4 Å². The number of anilines is 2. The molecule has 1 saturated heterocycles. The van der Waals surface area contributed by atoms with Crippen LogP contribution in [0, 0.1) is 10.1 Å². The van der Waals surface area contributed by atoms with Gasteiger partial charge in [-0.3, -0.25) is 20.2 Å². The maximum absolute atomic E-state index is 12.5. The Balaban J connectivity index is 1.41. The number of aromatic amines is 1. The Morgan fingerprint density at radius 3 is 2.61 bits per heavy atom. The van der Waals surface area contributed by atoms with Gasteiger partial charge in [0.05, 0.1) is 4.92 Å². The zero-order valence-corrected chi connectivity index (χ0v) is 17.1. The molecule has 0 aliphatic carbocycles. The van der Waals surface area contributed by atoms with Gasteiger partial charge in [-0.25, -0.2) is 5.10 Å². The number of nitrogens with zero attached hydrogens (tertiary/aromatic N) is 4. The topological polar surface area (TPSA) is 126 Å². The summed E-state index contributed by atoms with van der Waals surface area (Å²) in [6.45, 7) is 1.80. The van der Waals surface area contributed by atoms with E-state index in [9.17, 15) is 14.9 Å². The van der Waals surface area contributed by atoms with Crippen LogP contribution in [0.15, 0.2) is 42.5 Å². The normalized spacial score (nSPS) is 13.6. The number of benzene rings is 2. The van der Waals surface area contributed by atoms with Gasteiger partial charge >= 0.3 is 5.69 Å². The lowest BCUT2D eigenvalue weighted by molar-refractivity contribution is -0.385. The molecular formula is C20H19ClN6O4. The summed E-state index contributed by atoms with van der Waals surface area (Å²) in [5, 5.41) is 21.0. The number of hydrogen-bond acceptors (Lipinski definition) is 7. The molecule has 1 aromatic heterocycles. The van der Waals surface area contributed by atoms with Crippen molar-refractivity contribution < 1.29 is 14.5 Å². The zero-order valence-electron chi connectivity index (χ0n) is 16.4. The molecule has 11 heteroatoms. The molecule has 0 saturated carbocycles. The lowest BCUT2D eigenvalue weighted by Gasteiger charge is -2.24. The van der Waals surface area contributed by atoms with Gasteiger partial charge in [-0.05, 0) is 55.7 Å². The van der Waals surface area contributed by atoms with E-state index in [-0.39, 0.29) is 28.3 Å². The second-order valence-corrected chi connectivity index (χ2v) is 7.42. The Labute approximate surface area is 182 Å². The Morgan fingerprint density at radius 2 is 1.90 bits per heavy atom. The van der Waals surface area contributed by atoms with E-state index in [4.69, 9.17) is 16.3 Å². The molecule has 2 N–H and O–H groups in total. The van der Waals surface area contributed by atoms with E-state index in [0.29, 0.717) is 17.3 Å². The van der Waals surface area contributed by atoms with Crippen molar-refractivity contribution in [1.29, 1.82) is 0 Å². The second-order valence-electron chi connectivity index (χ2n) is 6.98. The molecule has 0 spiro atoms. The number of hydrogen-bond donors (Lipinski definition) is 2. The standard InChI is InChI=1S/C20H19ClN6O4/c21-14-6-9-17(16(12-14)27(29)30)31-15-7-4-13(5-8-15)18(28)22-19-23-20(25-24-19)26-10-2-1-3-11-26/h4-9,12H,1-3,10-11H2,(H2,22,23,24,25,28). The Hall–Kier alpha value is -3.66. The number of nitro groups is 1. The van der Waals surface area contributed by atoms with Gasteiger partial charge in [0.25, 0.3) is 5.91 Å². The van der Waals surface area contributed by atoms with Gasteiger partial charge in [0.1, 0.15) is 5.75 Å². The third-order valence-corrected chi connectivity index (χ3v) is 5.04. The fourth-order valence-corrected chi connectivity index (χ4v) is 3.41. The van der Waals surface area contributed by atoms with Crippen molar-refractivity contribution in [2.24, 2.45) is 0 Å². The Morgan fingerprint density at radius 1 is 1.16 bits per heavy atom. The average molecular weight is 443 g/mol. The van der Waals surface area contributed by atoms with E-state index in [1.54, 1.807) is 24.3 Å². The van der Waals surface area contributed by atoms with Crippen molar-refractivity contribution in [3.63, 3.8) is 0 Å². The monoisotopic (exact) mass is 442 g/mol. The van der Waals surface area contributed by atoms with Crippen LogP contribution in [0.4, 0.5) is 17.6 Å². The molecule has 2 heterocycles. The van der Waals surface area contributed by atoms with E-state index in [1.807, 2.05) is 0 Å². The number of carbonyl (C=O) groups is 1. The molecule has 2 aromatic carbocycles. The largest absolute Gasteiger partial charge is 0.450 e. The van der Waals surface area contributed by atoms with Crippen molar-refractivity contribution in [1.82, 2.24) is 15.2 Å². The van der Waals surface area contributed by atoms with Gasteiger partial charge in [-0.2, -0.15) is 4.98 Å². The number of nitro benzene ring substituents is 1. The molecule has 1 amide bonds. The molecule has 10 nitrogen and oxygen atoms in total. The molecule has 0 unspecified atom stereocenters. The van der Waals surface area contributed by atoms with Crippen LogP contribution in [0.5, 0.6) is 11.5 Å². The Bertz CT molecular complexity index is 1100. The quantitative estimate of drug-likeness (QED) is 0.427. The van der Waals surface area contributed by atoms with Crippen LogP contribution >= 0.6 is 11.6 Å². The first-order valence-corrected chi connectivity index (χ1v) is 10.1. The molecule has 1 fully saturated rings. The number of nitrogens with one attached hydrogen (secondary N) is 2. The van der Waals surface area contributed by atoms with Crippen LogP contribution in [0.25, 0.3) is 0 Å². The number of piperidine rings is 1. The number of aromatic nitrogens is 3. The minimum absolute atomic E-state index is 0.0542. The van der Waals surface area contributed by atoms with Crippen molar-refractivity contribution in [3.05, 3.63) is 63.2 Å². The molecule has 0 bridgehead atoms. The fourth-order valence-electron chi connectivity index (χ4n) is 3.24. The van der Waals surface area contributed by atoms with E-state index >= 15 is 0 Å². The van der Waals surface area contributed by atoms with Crippen LogP contribution in [0.2, 0.25) is 5.02 Å². The van der Waals surface area contributed by atoms with Crippen LogP contribution in [0.3, 0.4) is 0 Å². The number of H-pyrrole nitrogens is 1. The molecule has 4 rings (SSSR count). The molecule has 160 valence electrons. The summed E-state index contributed by atoms with van der Waals surface area (Å²) in [5.74, 6) is 0.865. The van der Waals surface area contributed by atoms with Crippen LogP contribution in [-0.2, 0) is 0 Å². The highest BCUT2D eigenvalue weighted by molar-refractivity contribution is 6.30. The molecule has 0 radical (unpaired) electrons. The predicted molar refractivity (Wildman–Crippen MR) is 115 cm³/mol. The third-order valence-electron chi connectivity index (χ3n) is 4.81. The van der Waals surface area contributed by atoms with Crippen LogP contribution < -0.4 is 15.0 Å².